The zero-order valence-corrected chi connectivity index (χ0v) is 19.1. The first-order chi connectivity index (χ1) is 16.2. The summed E-state index contributed by atoms with van der Waals surface area (Å²) < 4.78 is 29.5. The molecule has 0 saturated heterocycles. The van der Waals surface area contributed by atoms with Gasteiger partial charge in [0.2, 0.25) is 5.95 Å². The zero-order valence-electron chi connectivity index (χ0n) is 19.1. The van der Waals surface area contributed by atoms with E-state index in [1.54, 1.807) is 24.6 Å². The Kier molecular flexibility index (Phi) is 5.23. The number of aryl methyl sites for hydroxylation is 1. The number of aromatic nitrogens is 2. The topological polar surface area (TPSA) is 70.4 Å². The molecule has 1 aliphatic heterocycles. The van der Waals surface area contributed by atoms with Gasteiger partial charge in [-0.25, -0.2) is 13.8 Å². The second kappa shape index (κ2) is 8.13. The molecular formula is C26H24F2N4O2. The van der Waals surface area contributed by atoms with Crippen molar-refractivity contribution >= 4 is 22.5 Å². The predicted molar refractivity (Wildman–Crippen MR) is 128 cm³/mol. The minimum Gasteiger partial charge on any atom is -0.503 e. The van der Waals surface area contributed by atoms with Crippen LogP contribution in [0.4, 0.5) is 20.4 Å². The molecule has 0 bridgehead atoms. The molecule has 2 N–H and O–H groups in total. The van der Waals surface area contributed by atoms with Crippen LogP contribution < -0.4 is 15.8 Å². The van der Waals surface area contributed by atoms with Gasteiger partial charge in [-0.2, -0.15) is 0 Å². The van der Waals surface area contributed by atoms with Crippen LogP contribution in [0.5, 0.6) is 5.75 Å². The molecule has 0 aliphatic carbocycles. The lowest BCUT2D eigenvalue weighted by Gasteiger charge is -2.23. The monoisotopic (exact) mass is 462 g/mol. The van der Waals surface area contributed by atoms with Gasteiger partial charge >= 0.3 is 0 Å². The summed E-state index contributed by atoms with van der Waals surface area (Å²) in [6, 6.07) is 13.6. The third-order valence-electron chi connectivity index (χ3n) is 6.36. The molecule has 0 radical (unpaired) electrons. The molecule has 4 aromatic rings. The molecule has 5 rings (SSSR count). The Balaban J connectivity index is 1.60. The van der Waals surface area contributed by atoms with Gasteiger partial charge < -0.3 is 15.3 Å². The normalized spacial score (nSPS) is 13.9. The van der Waals surface area contributed by atoms with E-state index in [0.29, 0.717) is 35.5 Å². The fraction of sp³-hybridized carbons (Fsp3) is 0.231. The molecule has 6 nitrogen and oxygen atoms in total. The largest absolute Gasteiger partial charge is 0.503 e. The van der Waals surface area contributed by atoms with Crippen molar-refractivity contribution in [2.45, 2.75) is 33.0 Å². The maximum atomic E-state index is 14.4. The first-order valence-corrected chi connectivity index (χ1v) is 11.0. The number of nitrogens with zero attached hydrogens (tertiary/aromatic N) is 3. The molecule has 174 valence electrons. The lowest BCUT2D eigenvalue weighted by Crippen LogP contribution is -2.28. The third kappa shape index (κ3) is 3.55. The Bertz CT molecular complexity index is 1470. The highest BCUT2D eigenvalue weighted by molar-refractivity contribution is 5.84. The van der Waals surface area contributed by atoms with Gasteiger partial charge in [0.1, 0.15) is 0 Å². The van der Waals surface area contributed by atoms with Crippen molar-refractivity contribution in [3.63, 3.8) is 0 Å². The highest BCUT2D eigenvalue weighted by Gasteiger charge is 2.24. The van der Waals surface area contributed by atoms with Crippen LogP contribution in [0.1, 0.15) is 35.2 Å². The SMILES string of the molecule is Cc1cc(C(C)Nc2ccc(F)c(O)c2F)c2nc(N3Cc4ccccc4C3)n(C)c(=O)c2c1. The zero-order chi connectivity index (χ0) is 24.1. The minimum atomic E-state index is -1.07. The molecule has 2 heterocycles. The standard InChI is InChI=1S/C26H24F2N4O2/c1-14-10-18(15(2)29-21-9-8-20(27)24(33)22(21)28)23-19(11-14)25(34)31(3)26(30-23)32-12-16-6-4-5-7-17(16)13-32/h4-11,15,29,33H,12-13H2,1-3H3. The van der Waals surface area contributed by atoms with Gasteiger partial charge in [0.05, 0.1) is 22.6 Å². The van der Waals surface area contributed by atoms with Gasteiger partial charge in [-0.05, 0) is 48.7 Å². The Morgan fingerprint density at radius 3 is 2.44 bits per heavy atom. The maximum Gasteiger partial charge on any atom is 0.262 e. The molecule has 1 unspecified atom stereocenters. The van der Waals surface area contributed by atoms with Crippen LogP contribution in [0, 0.1) is 18.6 Å². The first-order valence-electron chi connectivity index (χ1n) is 11.0. The summed E-state index contributed by atoms with van der Waals surface area (Å²) in [4.78, 5) is 20.3. The van der Waals surface area contributed by atoms with Crippen molar-refractivity contribution in [3.05, 3.63) is 92.8 Å². The minimum absolute atomic E-state index is 0.0416. The molecule has 1 aliphatic rings. The van der Waals surface area contributed by atoms with Crippen LogP contribution in [0.15, 0.2) is 53.3 Å². The van der Waals surface area contributed by atoms with Crippen molar-refractivity contribution in [2.75, 3.05) is 10.2 Å². The number of phenols is 1. The number of nitrogens with one attached hydrogen (secondary N) is 1. The number of rotatable bonds is 4. The average Bonchev–Trinajstić information content (AvgIpc) is 3.25. The molecule has 0 fully saturated rings. The molecule has 1 atom stereocenters. The van der Waals surface area contributed by atoms with E-state index < -0.39 is 23.4 Å². The van der Waals surface area contributed by atoms with Crippen molar-refractivity contribution < 1.29 is 13.9 Å². The van der Waals surface area contributed by atoms with E-state index in [2.05, 4.69) is 22.3 Å². The van der Waals surface area contributed by atoms with E-state index in [-0.39, 0.29) is 11.2 Å². The predicted octanol–water partition coefficient (Wildman–Crippen LogP) is 4.92. The second-order valence-electron chi connectivity index (χ2n) is 8.77. The molecule has 0 amide bonds. The second-order valence-corrected chi connectivity index (χ2v) is 8.77. The summed E-state index contributed by atoms with van der Waals surface area (Å²) in [6.07, 6.45) is 0. The fourth-order valence-electron chi connectivity index (χ4n) is 4.59. The van der Waals surface area contributed by atoms with Gasteiger partial charge in [-0.15, -0.1) is 0 Å². The molecule has 0 saturated carbocycles. The Morgan fingerprint density at radius 1 is 1.09 bits per heavy atom. The highest BCUT2D eigenvalue weighted by atomic mass is 19.1. The molecule has 0 spiro atoms. The fourth-order valence-corrected chi connectivity index (χ4v) is 4.59. The van der Waals surface area contributed by atoms with Gasteiger partial charge in [0, 0.05) is 25.7 Å². The van der Waals surface area contributed by atoms with Crippen LogP contribution in [0.3, 0.4) is 0 Å². The van der Waals surface area contributed by atoms with E-state index in [1.807, 2.05) is 25.1 Å². The van der Waals surface area contributed by atoms with Crippen molar-refractivity contribution in [1.82, 2.24) is 9.55 Å². The molecule has 1 aromatic heterocycles. The van der Waals surface area contributed by atoms with Crippen molar-refractivity contribution in [3.8, 4) is 5.75 Å². The lowest BCUT2D eigenvalue weighted by atomic mass is 10.0. The van der Waals surface area contributed by atoms with Crippen molar-refractivity contribution in [2.24, 2.45) is 7.05 Å². The van der Waals surface area contributed by atoms with Gasteiger partial charge in [0.15, 0.2) is 17.4 Å². The van der Waals surface area contributed by atoms with Crippen LogP contribution in [-0.4, -0.2) is 14.7 Å². The Labute approximate surface area is 195 Å². The number of fused-ring (bicyclic) bond motifs is 2. The molecular weight excluding hydrogens is 438 g/mol. The Morgan fingerprint density at radius 2 is 1.76 bits per heavy atom. The molecule has 3 aromatic carbocycles. The summed E-state index contributed by atoms with van der Waals surface area (Å²) in [5.41, 5.74) is 4.27. The molecule has 34 heavy (non-hydrogen) atoms. The van der Waals surface area contributed by atoms with Crippen LogP contribution in [-0.2, 0) is 20.1 Å². The van der Waals surface area contributed by atoms with Gasteiger partial charge in [-0.1, -0.05) is 30.3 Å². The van der Waals surface area contributed by atoms with Crippen LogP contribution >= 0.6 is 0 Å². The molecule has 8 heteroatoms. The van der Waals surface area contributed by atoms with E-state index in [1.165, 1.54) is 17.2 Å². The van der Waals surface area contributed by atoms with E-state index in [4.69, 9.17) is 4.98 Å². The maximum absolute atomic E-state index is 14.4. The summed E-state index contributed by atoms with van der Waals surface area (Å²) in [5.74, 6) is -2.58. The number of hydrogen-bond donors (Lipinski definition) is 2. The first kappa shape index (κ1) is 21.9. The smallest absolute Gasteiger partial charge is 0.262 e. The van der Waals surface area contributed by atoms with Crippen molar-refractivity contribution in [1.29, 1.82) is 0 Å². The number of phenolic OH excluding ortho intramolecular Hbond substituents is 1. The van der Waals surface area contributed by atoms with E-state index in [0.717, 1.165) is 11.6 Å². The summed E-state index contributed by atoms with van der Waals surface area (Å²) >= 11 is 0. The number of hydrogen-bond acceptors (Lipinski definition) is 5. The van der Waals surface area contributed by atoms with Crippen LogP contribution in [0.25, 0.3) is 10.9 Å². The average molecular weight is 463 g/mol. The third-order valence-corrected chi connectivity index (χ3v) is 6.36. The van der Waals surface area contributed by atoms with Gasteiger partial charge in [-0.3, -0.25) is 9.36 Å². The number of anilines is 2. The highest BCUT2D eigenvalue weighted by Crippen LogP contribution is 2.33. The Hall–Kier alpha value is -3.94. The summed E-state index contributed by atoms with van der Waals surface area (Å²) in [7, 11) is 1.72. The quantitative estimate of drug-likeness (QED) is 0.451. The number of aromatic hydroxyl groups is 1. The lowest BCUT2D eigenvalue weighted by molar-refractivity contribution is 0.397. The summed E-state index contributed by atoms with van der Waals surface area (Å²) in [6.45, 7) is 4.98. The summed E-state index contributed by atoms with van der Waals surface area (Å²) in [5, 5.41) is 13.1. The van der Waals surface area contributed by atoms with E-state index >= 15 is 0 Å². The number of benzene rings is 3. The van der Waals surface area contributed by atoms with Crippen LogP contribution in [0.2, 0.25) is 0 Å². The number of halogens is 2. The van der Waals surface area contributed by atoms with Gasteiger partial charge in [0.25, 0.3) is 5.56 Å². The van der Waals surface area contributed by atoms with E-state index in [9.17, 15) is 18.7 Å².